The molecule has 0 aliphatic heterocycles. The summed E-state index contributed by atoms with van der Waals surface area (Å²) < 4.78 is 0. The van der Waals surface area contributed by atoms with Gasteiger partial charge in [-0.25, -0.2) is 0 Å². The van der Waals surface area contributed by atoms with E-state index in [4.69, 9.17) is 0 Å². The van der Waals surface area contributed by atoms with Crippen LogP contribution >= 0.6 is 0 Å². The van der Waals surface area contributed by atoms with Crippen LogP contribution in [0.2, 0.25) is 0 Å². The summed E-state index contributed by atoms with van der Waals surface area (Å²) >= 11 is 0. The van der Waals surface area contributed by atoms with Gasteiger partial charge in [0.2, 0.25) is 0 Å². The van der Waals surface area contributed by atoms with Gasteiger partial charge in [-0.15, -0.1) is 0 Å². The van der Waals surface area contributed by atoms with E-state index in [9.17, 15) is 0 Å². The lowest BCUT2D eigenvalue weighted by atomic mass is 9.94. The summed E-state index contributed by atoms with van der Waals surface area (Å²) in [6.07, 6.45) is 0. The Hall–Kier alpha value is -0.820. The van der Waals surface area contributed by atoms with Gasteiger partial charge in [-0.05, 0) is 40.8 Å². The average molecular weight is 259 g/mol. The zero-order valence-corrected chi connectivity index (χ0v) is 13.5. The summed E-state index contributed by atoms with van der Waals surface area (Å²) in [6, 6.07) is 9.65. The molecule has 0 aromatic heterocycles. The second-order valence-electron chi connectivity index (χ2n) is 7.51. The maximum absolute atomic E-state index is 3.54. The van der Waals surface area contributed by atoms with Crippen LogP contribution in [0.4, 0.5) is 0 Å². The van der Waals surface area contributed by atoms with Crippen molar-refractivity contribution in [3.05, 3.63) is 35.4 Å². The minimum atomic E-state index is 0.414. The van der Waals surface area contributed by atoms with Crippen LogP contribution in [-0.2, 0) is 0 Å². The van der Waals surface area contributed by atoms with Crippen molar-refractivity contribution in [1.82, 2.24) is 5.32 Å². The Balaban J connectivity index is 2.25. The van der Waals surface area contributed by atoms with Crippen LogP contribution < -0.4 is 5.32 Å². The standard InChI is InChI=1S/C18H29N/c1-12(2)13-8-10-14(11-9-13)15(19-7)16-17(3,4)18(16,5)6/h8-12,15-16,19H,1-7H3. The van der Waals surface area contributed by atoms with Crippen LogP contribution in [-0.4, -0.2) is 7.05 Å². The largest absolute Gasteiger partial charge is 0.313 e. The van der Waals surface area contributed by atoms with Crippen molar-refractivity contribution in [2.24, 2.45) is 16.7 Å². The first kappa shape index (κ1) is 14.6. The van der Waals surface area contributed by atoms with Crippen LogP contribution in [0.1, 0.15) is 64.6 Å². The van der Waals surface area contributed by atoms with Crippen LogP contribution in [0.15, 0.2) is 24.3 Å². The molecule has 1 aromatic rings. The Morgan fingerprint density at radius 2 is 1.32 bits per heavy atom. The van der Waals surface area contributed by atoms with Gasteiger partial charge in [-0.2, -0.15) is 0 Å². The molecule has 1 unspecified atom stereocenters. The normalized spacial score (nSPS) is 22.5. The molecule has 106 valence electrons. The van der Waals surface area contributed by atoms with Crippen LogP contribution in [0, 0.1) is 16.7 Å². The highest BCUT2D eigenvalue weighted by molar-refractivity contribution is 5.31. The van der Waals surface area contributed by atoms with E-state index in [1.54, 1.807) is 0 Å². The van der Waals surface area contributed by atoms with Crippen molar-refractivity contribution < 1.29 is 0 Å². The van der Waals surface area contributed by atoms with E-state index >= 15 is 0 Å². The number of rotatable bonds is 4. The predicted molar refractivity (Wildman–Crippen MR) is 83.4 cm³/mol. The zero-order valence-electron chi connectivity index (χ0n) is 13.5. The zero-order chi connectivity index (χ0) is 14.4. The molecule has 0 radical (unpaired) electrons. The number of hydrogen-bond acceptors (Lipinski definition) is 1. The molecule has 1 aromatic carbocycles. The van der Waals surface area contributed by atoms with Crippen LogP contribution in [0.5, 0.6) is 0 Å². The monoisotopic (exact) mass is 259 g/mol. The molecule has 1 nitrogen and oxygen atoms in total. The topological polar surface area (TPSA) is 12.0 Å². The second-order valence-corrected chi connectivity index (χ2v) is 7.51. The highest BCUT2D eigenvalue weighted by atomic mass is 14.9. The molecule has 0 amide bonds. The maximum Gasteiger partial charge on any atom is 0.0356 e. The average Bonchev–Trinajstić information content (AvgIpc) is 2.74. The minimum Gasteiger partial charge on any atom is -0.313 e. The van der Waals surface area contributed by atoms with Gasteiger partial charge in [0.15, 0.2) is 0 Å². The summed E-state index contributed by atoms with van der Waals surface area (Å²) in [4.78, 5) is 0. The molecule has 1 saturated carbocycles. The van der Waals surface area contributed by atoms with Gasteiger partial charge < -0.3 is 5.32 Å². The first-order valence-electron chi connectivity index (χ1n) is 7.50. The second kappa shape index (κ2) is 4.63. The molecule has 1 atom stereocenters. The summed E-state index contributed by atoms with van der Waals surface area (Å²) in [5.41, 5.74) is 3.68. The third-order valence-corrected chi connectivity index (χ3v) is 5.74. The van der Waals surface area contributed by atoms with Crippen molar-refractivity contribution in [1.29, 1.82) is 0 Å². The number of nitrogens with one attached hydrogen (secondary N) is 1. The maximum atomic E-state index is 3.54. The van der Waals surface area contributed by atoms with E-state index in [-0.39, 0.29) is 0 Å². The van der Waals surface area contributed by atoms with Gasteiger partial charge >= 0.3 is 0 Å². The Morgan fingerprint density at radius 3 is 1.63 bits per heavy atom. The van der Waals surface area contributed by atoms with Gasteiger partial charge in [-0.3, -0.25) is 0 Å². The fraction of sp³-hybridized carbons (Fsp3) is 0.667. The van der Waals surface area contributed by atoms with Crippen molar-refractivity contribution in [3.8, 4) is 0 Å². The van der Waals surface area contributed by atoms with E-state index in [1.807, 2.05) is 0 Å². The van der Waals surface area contributed by atoms with Crippen molar-refractivity contribution in [2.75, 3.05) is 7.05 Å². The quantitative estimate of drug-likeness (QED) is 0.822. The SMILES string of the molecule is CNC(c1ccc(C(C)C)cc1)C1C(C)(C)C1(C)C. The van der Waals surface area contributed by atoms with Gasteiger partial charge in [-0.1, -0.05) is 65.8 Å². The van der Waals surface area contributed by atoms with Gasteiger partial charge in [0.05, 0.1) is 0 Å². The van der Waals surface area contributed by atoms with Crippen LogP contribution in [0.3, 0.4) is 0 Å². The lowest BCUT2D eigenvalue weighted by molar-refractivity contribution is 0.438. The molecule has 0 saturated heterocycles. The number of benzene rings is 1. The summed E-state index contributed by atoms with van der Waals surface area (Å²) in [5.74, 6) is 1.31. The first-order chi connectivity index (χ1) is 8.73. The molecule has 1 heteroatoms. The Bertz CT molecular complexity index is 425. The lowest BCUT2D eigenvalue weighted by Gasteiger charge is -2.20. The molecule has 0 bridgehead atoms. The van der Waals surface area contributed by atoms with E-state index in [0.29, 0.717) is 28.7 Å². The Labute approximate surface area is 118 Å². The molecule has 1 fully saturated rings. The van der Waals surface area contributed by atoms with Gasteiger partial charge in [0.1, 0.15) is 0 Å². The number of hydrogen-bond donors (Lipinski definition) is 1. The summed E-state index contributed by atoms with van der Waals surface area (Å²) in [6.45, 7) is 14.1. The molecule has 1 aliphatic carbocycles. The smallest absolute Gasteiger partial charge is 0.0356 e. The highest BCUT2D eigenvalue weighted by Crippen LogP contribution is 2.72. The molecule has 1 N–H and O–H groups in total. The van der Waals surface area contributed by atoms with E-state index in [1.165, 1.54) is 11.1 Å². The van der Waals surface area contributed by atoms with E-state index in [2.05, 4.69) is 78.2 Å². The molecular weight excluding hydrogens is 230 g/mol. The van der Waals surface area contributed by atoms with Crippen molar-refractivity contribution in [3.63, 3.8) is 0 Å². The first-order valence-corrected chi connectivity index (χ1v) is 7.50. The lowest BCUT2D eigenvalue weighted by Crippen LogP contribution is -2.21. The molecule has 0 heterocycles. The Kier molecular flexibility index (Phi) is 3.55. The fourth-order valence-corrected chi connectivity index (χ4v) is 3.69. The minimum absolute atomic E-state index is 0.414. The third-order valence-electron chi connectivity index (χ3n) is 5.74. The molecular formula is C18H29N. The van der Waals surface area contributed by atoms with Crippen molar-refractivity contribution >= 4 is 0 Å². The molecule has 0 spiro atoms. The van der Waals surface area contributed by atoms with Crippen LogP contribution in [0.25, 0.3) is 0 Å². The summed E-state index contributed by atoms with van der Waals surface area (Å²) in [7, 11) is 2.09. The van der Waals surface area contributed by atoms with Gasteiger partial charge in [0, 0.05) is 6.04 Å². The van der Waals surface area contributed by atoms with E-state index in [0.717, 1.165) is 0 Å². The summed E-state index contributed by atoms with van der Waals surface area (Å²) in [5, 5.41) is 3.54. The van der Waals surface area contributed by atoms with Crippen molar-refractivity contribution in [2.45, 2.75) is 53.5 Å². The molecule has 19 heavy (non-hydrogen) atoms. The highest BCUT2D eigenvalue weighted by Gasteiger charge is 2.67. The molecule has 1 aliphatic rings. The predicted octanol–water partition coefficient (Wildman–Crippen LogP) is 4.75. The third kappa shape index (κ3) is 2.23. The molecule has 2 rings (SSSR count). The fourth-order valence-electron chi connectivity index (χ4n) is 3.69. The Morgan fingerprint density at radius 1 is 0.895 bits per heavy atom. The van der Waals surface area contributed by atoms with Gasteiger partial charge in [0.25, 0.3) is 0 Å². The van der Waals surface area contributed by atoms with E-state index < -0.39 is 0 Å².